The first-order valence-corrected chi connectivity index (χ1v) is 10.5. The fraction of sp³-hybridized carbons (Fsp3) is 0.0417. The van der Waals surface area contributed by atoms with Crippen LogP contribution in [0.25, 0.3) is 22.6 Å². The molecule has 1 N–H and O–H groups in total. The number of fused-ring (bicyclic) bond motifs is 1. The van der Waals surface area contributed by atoms with E-state index in [0.717, 1.165) is 0 Å². The first-order valence-electron chi connectivity index (χ1n) is 10.5. The van der Waals surface area contributed by atoms with Gasteiger partial charge in [0.25, 0.3) is 11.6 Å². The molecular weight excluding hydrogens is 453 g/mol. The van der Waals surface area contributed by atoms with Crippen molar-refractivity contribution in [3.05, 3.63) is 106 Å². The smallest absolute Gasteiger partial charge is 0.269 e. The molecule has 0 fully saturated rings. The summed E-state index contributed by atoms with van der Waals surface area (Å²) in [5.74, 6) is -0.506. The Balaban J connectivity index is 1.56. The highest BCUT2D eigenvalue weighted by Crippen LogP contribution is 2.25. The number of carbonyl (C=O) groups is 1. The van der Waals surface area contributed by atoms with Gasteiger partial charge in [-0.15, -0.1) is 5.10 Å². The molecule has 0 aliphatic heterocycles. The van der Waals surface area contributed by atoms with E-state index in [1.807, 2.05) is 30.3 Å². The Labute approximate surface area is 197 Å². The number of hydrogen-bond acceptors (Lipinski definition) is 7. The van der Waals surface area contributed by atoms with Crippen molar-refractivity contribution >= 4 is 28.6 Å². The number of halogens is 1. The molecule has 5 rings (SSSR count). The van der Waals surface area contributed by atoms with Crippen molar-refractivity contribution in [2.75, 3.05) is 5.32 Å². The number of nitro benzene ring substituents is 1. The van der Waals surface area contributed by atoms with E-state index < -0.39 is 10.8 Å². The van der Waals surface area contributed by atoms with Crippen molar-refractivity contribution in [1.82, 2.24) is 25.0 Å². The fourth-order valence-electron chi connectivity index (χ4n) is 3.47. The summed E-state index contributed by atoms with van der Waals surface area (Å²) in [5, 5.41) is 21.8. The second kappa shape index (κ2) is 9.06. The number of benzene rings is 3. The number of nitrogens with zero attached hydrogens (tertiary/aromatic N) is 6. The predicted octanol–water partition coefficient (Wildman–Crippen LogP) is 4.24. The van der Waals surface area contributed by atoms with Crippen LogP contribution < -0.4 is 5.32 Å². The average molecular weight is 469 g/mol. The maximum absolute atomic E-state index is 14.2. The average Bonchev–Trinajstić information content (AvgIpc) is 3.29. The van der Waals surface area contributed by atoms with Crippen LogP contribution in [0.15, 0.2) is 78.9 Å². The molecule has 2 heterocycles. The van der Waals surface area contributed by atoms with Gasteiger partial charge in [-0.3, -0.25) is 14.9 Å². The van der Waals surface area contributed by atoms with E-state index >= 15 is 0 Å². The molecule has 0 spiro atoms. The van der Waals surface area contributed by atoms with Crippen molar-refractivity contribution in [3.63, 3.8) is 0 Å². The van der Waals surface area contributed by atoms with Crippen molar-refractivity contribution in [1.29, 1.82) is 0 Å². The number of nitrogens with one attached hydrogen (secondary N) is 1. The molecule has 10 nitrogen and oxygen atoms in total. The molecule has 0 bridgehead atoms. The lowest BCUT2D eigenvalue weighted by Gasteiger charge is -2.09. The van der Waals surface area contributed by atoms with E-state index in [2.05, 4.69) is 25.6 Å². The Morgan fingerprint density at radius 3 is 2.40 bits per heavy atom. The second-order valence-electron chi connectivity index (χ2n) is 7.53. The zero-order valence-electron chi connectivity index (χ0n) is 18.0. The van der Waals surface area contributed by atoms with Crippen LogP contribution in [0.1, 0.15) is 15.9 Å². The third-order valence-corrected chi connectivity index (χ3v) is 5.24. The molecule has 1 amide bonds. The van der Waals surface area contributed by atoms with E-state index in [1.165, 1.54) is 35.0 Å². The summed E-state index contributed by atoms with van der Waals surface area (Å²) in [7, 11) is 0. The number of aromatic nitrogens is 5. The third-order valence-electron chi connectivity index (χ3n) is 5.24. The van der Waals surface area contributed by atoms with Gasteiger partial charge in [0.15, 0.2) is 22.8 Å². The lowest BCUT2D eigenvalue weighted by molar-refractivity contribution is -0.384. The Morgan fingerprint density at radius 1 is 0.971 bits per heavy atom. The summed E-state index contributed by atoms with van der Waals surface area (Å²) in [5.41, 5.74) is 1.68. The van der Waals surface area contributed by atoms with Gasteiger partial charge in [0.05, 0.1) is 11.5 Å². The largest absolute Gasteiger partial charge is 0.304 e. The van der Waals surface area contributed by atoms with Gasteiger partial charge < -0.3 is 5.32 Å². The monoisotopic (exact) mass is 469 g/mol. The molecule has 0 radical (unpaired) electrons. The van der Waals surface area contributed by atoms with Crippen molar-refractivity contribution in [2.24, 2.45) is 0 Å². The highest BCUT2D eigenvalue weighted by Gasteiger charge is 2.19. The normalized spacial score (nSPS) is 10.9. The quantitative estimate of drug-likeness (QED) is 0.291. The molecule has 5 aromatic rings. The molecule has 3 aromatic carbocycles. The summed E-state index contributed by atoms with van der Waals surface area (Å²) >= 11 is 0. The van der Waals surface area contributed by atoms with Gasteiger partial charge in [-0.25, -0.2) is 19.0 Å². The third kappa shape index (κ3) is 4.42. The van der Waals surface area contributed by atoms with Crippen LogP contribution in [0.2, 0.25) is 0 Å². The number of amides is 1. The first-order chi connectivity index (χ1) is 17.0. The summed E-state index contributed by atoms with van der Waals surface area (Å²) in [4.78, 5) is 32.3. The maximum Gasteiger partial charge on any atom is 0.269 e. The fourth-order valence-corrected chi connectivity index (χ4v) is 3.47. The summed E-state index contributed by atoms with van der Waals surface area (Å²) in [6.45, 7) is 0.0736. The van der Waals surface area contributed by atoms with E-state index in [0.29, 0.717) is 22.6 Å². The first kappa shape index (κ1) is 21.8. The number of hydrogen-bond donors (Lipinski definition) is 1. The Bertz CT molecular complexity index is 1550. The van der Waals surface area contributed by atoms with Gasteiger partial charge in [-0.1, -0.05) is 53.7 Å². The van der Waals surface area contributed by atoms with Crippen LogP contribution in [-0.4, -0.2) is 35.8 Å². The predicted molar refractivity (Wildman–Crippen MR) is 125 cm³/mol. The molecule has 0 saturated carbocycles. The van der Waals surface area contributed by atoms with E-state index in [1.54, 1.807) is 18.2 Å². The van der Waals surface area contributed by atoms with E-state index in [-0.39, 0.29) is 34.9 Å². The van der Waals surface area contributed by atoms with Crippen LogP contribution in [0.5, 0.6) is 0 Å². The van der Waals surface area contributed by atoms with Gasteiger partial charge in [0.2, 0.25) is 0 Å². The molecule has 0 saturated heterocycles. The summed E-state index contributed by atoms with van der Waals surface area (Å²) in [6.07, 6.45) is 0. The lowest BCUT2D eigenvalue weighted by atomic mass is 10.2. The Hall–Kier alpha value is -5.06. The van der Waals surface area contributed by atoms with Gasteiger partial charge >= 0.3 is 0 Å². The molecule has 35 heavy (non-hydrogen) atoms. The van der Waals surface area contributed by atoms with Crippen LogP contribution in [0, 0.1) is 15.9 Å². The number of nitro groups is 1. The minimum absolute atomic E-state index is 0.0736. The van der Waals surface area contributed by atoms with Gasteiger partial charge in [-0.05, 0) is 18.2 Å². The highest BCUT2D eigenvalue weighted by atomic mass is 19.1. The van der Waals surface area contributed by atoms with Crippen molar-refractivity contribution in [2.45, 2.75) is 6.54 Å². The van der Waals surface area contributed by atoms with Crippen molar-refractivity contribution in [3.8, 4) is 11.4 Å². The zero-order chi connectivity index (χ0) is 24.4. The van der Waals surface area contributed by atoms with Crippen LogP contribution in [-0.2, 0) is 6.54 Å². The summed E-state index contributed by atoms with van der Waals surface area (Å²) < 4.78 is 15.7. The van der Waals surface area contributed by atoms with Crippen molar-refractivity contribution < 1.29 is 14.1 Å². The van der Waals surface area contributed by atoms with E-state index in [9.17, 15) is 19.3 Å². The van der Waals surface area contributed by atoms with Crippen LogP contribution in [0.3, 0.4) is 0 Å². The number of anilines is 1. The zero-order valence-corrected chi connectivity index (χ0v) is 18.0. The molecule has 172 valence electrons. The molecule has 0 aliphatic carbocycles. The SMILES string of the molecule is O=C(Nc1nc(-c2ccccc2)nc2c1nnn2Cc1ccccc1F)c1ccc([N+](=O)[O-])cc1. The molecular formula is C24H16FN7O3. The Kier molecular flexibility index (Phi) is 5.63. The minimum Gasteiger partial charge on any atom is -0.304 e. The molecule has 0 aliphatic rings. The minimum atomic E-state index is -0.546. The Morgan fingerprint density at radius 2 is 1.69 bits per heavy atom. The highest BCUT2D eigenvalue weighted by molar-refractivity contribution is 6.07. The van der Waals surface area contributed by atoms with Gasteiger partial charge in [0.1, 0.15) is 5.82 Å². The van der Waals surface area contributed by atoms with E-state index in [4.69, 9.17) is 0 Å². The standard InChI is InChI=1S/C24H16FN7O3/c25-19-9-5-4-8-17(19)14-31-23-20(29-30-31)22(26-21(27-23)15-6-2-1-3-7-15)28-24(33)16-10-12-18(13-11-16)32(34)35/h1-13H,14H2,(H,26,27,28,33). The van der Waals surface area contributed by atoms with Crippen LogP contribution >= 0.6 is 0 Å². The topological polar surface area (TPSA) is 129 Å². The molecule has 0 atom stereocenters. The number of rotatable bonds is 6. The van der Waals surface area contributed by atoms with Gasteiger partial charge in [-0.2, -0.15) is 0 Å². The maximum atomic E-state index is 14.2. The second-order valence-corrected chi connectivity index (χ2v) is 7.53. The number of carbonyl (C=O) groups excluding carboxylic acids is 1. The summed E-state index contributed by atoms with van der Waals surface area (Å²) in [6, 6.07) is 20.6. The van der Waals surface area contributed by atoms with Gasteiger partial charge in [0, 0.05) is 28.8 Å². The molecule has 2 aromatic heterocycles. The van der Waals surface area contributed by atoms with Crippen LogP contribution in [0.4, 0.5) is 15.9 Å². The number of non-ortho nitro benzene ring substituents is 1. The molecule has 11 heteroatoms. The lowest BCUT2D eigenvalue weighted by Crippen LogP contribution is -2.14. The molecule has 0 unspecified atom stereocenters.